The third-order valence-corrected chi connectivity index (χ3v) is 3.45. The van der Waals surface area contributed by atoms with Crippen molar-refractivity contribution in [2.45, 2.75) is 19.4 Å². The van der Waals surface area contributed by atoms with Crippen LogP contribution in [0.15, 0.2) is 29.1 Å². The van der Waals surface area contributed by atoms with Gasteiger partial charge in [-0.05, 0) is 24.1 Å². The lowest BCUT2D eigenvalue weighted by Crippen LogP contribution is -2.25. The number of carbonyl (C=O) groups is 1. The Bertz CT molecular complexity index is 769. The highest BCUT2D eigenvalue weighted by atomic mass is 19.1. The Labute approximate surface area is 132 Å². The summed E-state index contributed by atoms with van der Waals surface area (Å²) in [5, 5.41) is 9.87. The molecule has 1 aromatic heterocycles. The molecule has 0 fully saturated rings. The molecule has 0 radical (unpaired) electrons. The van der Waals surface area contributed by atoms with Gasteiger partial charge in [0, 0.05) is 20.6 Å². The van der Waals surface area contributed by atoms with Crippen LogP contribution in [0, 0.1) is 5.82 Å². The predicted molar refractivity (Wildman–Crippen MR) is 80.9 cm³/mol. The van der Waals surface area contributed by atoms with Crippen LogP contribution in [0.25, 0.3) is 0 Å². The predicted octanol–water partition coefficient (Wildman–Crippen LogP) is 1.59. The maximum atomic E-state index is 12.8. The van der Waals surface area contributed by atoms with Gasteiger partial charge in [-0.3, -0.25) is 14.2 Å². The van der Waals surface area contributed by atoms with Gasteiger partial charge in [-0.25, -0.2) is 9.37 Å². The molecule has 2 aromatic rings. The summed E-state index contributed by atoms with van der Waals surface area (Å²) in [7, 11) is 2.88. The number of hydrogen-bond donors (Lipinski definition) is 1. The summed E-state index contributed by atoms with van der Waals surface area (Å²) < 4.78 is 18.9. The number of Topliss-reactive ketones (excluding diaryl/α,β-unsaturated/α-hetero) is 1. The molecule has 0 bridgehead atoms. The number of methoxy groups -OCH3 is 1. The number of aromatic hydroxyl groups is 1. The summed E-state index contributed by atoms with van der Waals surface area (Å²) in [6.45, 7) is 0.0459. The summed E-state index contributed by atoms with van der Waals surface area (Å²) in [6, 6.07) is 5.78. The summed E-state index contributed by atoms with van der Waals surface area (Å²) in [4.78, 5) is 28.2. The summed E-state index contributed by atoms with van der Waals surface area (Å²) in [6.07, 6.45) is 0.404. The molecular formula is C16H17FN2O4. The molecule has 0 unspecified atom stereocenters. The average Bonchev–Trinajstić information content (AvgIpc) is 2.54. The Morgan fingerprint density at radius 3 is 2.61 bits per heavy atom. The second-order valence-corrected chi connectivity index (χ2v) is 5.07. The minimum absolute atomic E-state index is 0.0459. The number of nitrogens with zero attached hydrogens (tertiary/aromatic N) is 2. The highest BCUT2D eigenvalue weighted by Gasteiger charge is 2.19. The van der Waals surface area contributed by atoms with E-state index in [2.05, 4.69) is 4.98 Å². The number of benzene rings is 1. The number of halogens is 1. The monoisotopic (exact) mass is 320 g/mol. The lowest BCUT2D eigenvalue weighted by Gasteiger charge is -2.10. The van der Waals surface area contributed by atoms with E-state index in [-0.39, 0.29) is 30.4 Å². The quantitative estimate of drug-likeness (QED) is 0.817. The number of hydrogen-bond acceptors (Lipinski definition) is 5. The van der Waals surface area contributed by atoms with Gasteiger partial charge in [-0.15, -0.1) is 0 Å². The maximum Gasteiger partial charge on any atom is 0.296 e. The largest absolute Gasteiger partial charge is 0.501 e. The van der Waals surface area contributed by atoms with Crippen molar-refractivity contribution >= 4 is 5.78 Å². The van der Waals surface area contributed by atoms with E-state index in [4.69, 9.17) is 4.74 Å². The van der Waals surface area contributed by atoms with Crippen molar-refractivity contribution in [3.63, 3.8) is 0 Å². The van der Waals surface area contributed by atoms with Crippen molar-refractivity contribution in [3.05, 3.63) is 57.5 Å². The van der Waals surface area contributed by atoms with Gasteiger partial charge in [-0.2, -0.15) is 0 Å². The van der Waals surface area contributed by atoms with Crippen molar-refractivity contribution < 1.29 is 19.0 Å². The van der Waals surface area contributed by atoms with Gasteiger partial charge < -0.3 is 9.84 Å². The summed E-state index contributed by atoms with van der Waals surface area (Å²) in [5.41, 5.74) is -0.181. The van der Waals surface area contributed by atoms with Crippen LogP contribution >= 0.6 is 0 Å². The average molecular weight is 320 g/mol. The fourth-order valence-corrected chi connectivity index (χ4v) is 2.11. The van der Waals surface area contributed by atoms with Gasteiger partial charge in [0.1, 0.15) is 18.2 Å². The lowest BCUT2D eigenvalue weighted by atomic mass is 10.1. The molecule has 0 amide bonds. The Hall–Kier alpha value is -2.54. The molecule has 2 rings (SSSR count). The van der Waals surface area contributed by atoms with E-state index in [1.807, 2.05) is 0 Å². The summed E-state index contributed by atoms with van der Waals surface area (Å²) in [5.74, 6) is -1.23. The second-order valence-electron chi connectivity index (χ2n) is 5.07. The number of aromatic nitrogens is 2. The van der Waals surface area contributed by atoms with Crippen LogP contribution in [0.4, 0.5) is 4.39 Å². The maximum absolute atomic E-state index is 12.8. The number of rotatable bonds is 6. The zero-order valence-electron chi connectivity index (χ0n) is 12.9. The zero-order valence-corrected chi connectivity index (χ0v) is 12.9. The first-order chi connectivity index (χ1) is 10.9. The van der Waals surface area contributed by atoms with Gasteiger partial charge in [0.25, 0.3) is 5.56 Å². The van der Waals surface area contributed by atoms with Gasteiger partial charge in [-0.1, -0.05) is 12.1 Å². The molecule has 1 aromatic carbocycles. The van der Waals surface area contributed by atoms with Crippen LogP contribution in [0.2, 0.25) is 0 Å². The van der Waals surface area contributed by atoms with Crippen molar-refractivity contribution in [2.75, 3.05) is 7.11 Å². The van der Waals surface area contributed by atoms with E-state index in [1.54, 1.807) is 12.1 Å². The van der Waals surface area contributed by atoms with Crippen LogP contribution in [0.5, 0.6) is 5.75 Å². The van der Waals surface area contributed by atoms with E-state index >= 15 is 0 Å². The Balaban J connectivity index is 2.21. The standard InChI is InChI=1S/C16H17FN2O4/c1-19-13(9-23-2)18-14(15(21)16(19)22)12(20)8-5-10-3-6-11(17)7-4-10/h3-4,6-7,21H,5,8-9H2,1-2H3. The molecule has 0 spiro atoms. The minimum atomic E-state index is -0.697. The Morgan fingerprint density at radius 2 is 2.00 bits per heavy atom. The van der Waals surface area contributed by atoms with Crippen LogP contribution in [-0.4, -0.2) is 27.6 Å². The van der Waals surface area contributed by atoms with Crippen LogP contribution in [0.1, 0.15) is 28.3 Å². The Morgan fingerprint density at radius 1 is 1.35 bits per heavy atom. The van der Waals surface area contributed by atoms with E-state index in [9.17, 15) is 19.1 Å². The minimum Gasteiger partial charge on any atom is -0.501 e. The molecule has 0 saturated heterocycles. The second kappa shape index (κ2) is 7.15. The fraction of sp³-hybridized carbons (Fsp3) is 0.312. The van der Waals surface area contributed by atoms with E-state index in [0.717, 1.165) is 10.1 Å². The van der Waals surface area contributed by atoms with Crippen molar-refractivity contribution in [1.82, 2.24) is 9.55 Å². The van der Waals surface area contributed by atoms with Gasteiger partial charge in [0.05, 0.1) is 0 Å². The molecule has 122 valence electrons. The molecule has 23 heavy (non-hydrogen) atoms. The van der Waals surface area contributed by atoms with Gasteiger partial charge in [0.15, 0.2) is 11.5 Å². The summed E-state index contributed by atoms with van der Waals surface area (Å²) >= 11 is 0. The number of aryl methyl sites for hydroxylation is 1. The zero-order chi connectivity index (χ0) is 17.0. The topological polar surface area (TPSA) is 81.4 Å². The number of carbonyl (C=O) groups excluding carboxylic acids is 1. The normalized spacial score (nSPS) is 10.7. The van der Waals surface area contributed by atoms with E-state index in [0.29, 0.717) is 6.42 Å². The van der Waals surface area contributed by atoms with Crippen molar-refractivity contribution in [3.8, 4) is 5.75 Å². The SMILES string of the molecule is COCc1nc(C(=O)CCc2ccc(F)cc2)c(O)c(=O)n1C. The van der Waals surface area contributed by atoms with Crippen LogP contribution < -0.4 is 5.56 Å². The molecule has 1 heterocycles. The first-order valence-electron chi connectivity index (χ1n) is 6.99. The number of ketones is 1. The highest BCUT2D eigenvalue weighted by Crippen LogP contribution is 2.14. The molecule has 0 aliphatic carbocycles. The van der Waals surface area contributed by atoms with Crippen molar-refractivity contribution in [1.29, 1.82) is 0 Å². The smallest absolute Gasteiger partial charge is 0.296 e. The molecule has 7 heteroatoms. The molecule has 0 aliphatic rings. The lowest BCUT2D eigenvalue weighted by molar-refractivity contribution is 0.0972. The van der Waals surface area contributed by atoms with E-state index in [1.165, 1.54) is 26.3 Å². The van der Waals surface area contributed by atoms with Crippen LogP contribution in [-0.2, 0) is 24.8 Å². The number of ether oxygens (including phenoxy) is 1. The molecule has 0 aliphatic heterocycles. The third-order valence-electron chi connectivity index (χ3n) is 3.45. The molecule has 0 atom stereocenters. The first-order valence-corrected chi connectivity index (χ1v) is 6.99. The highest BCUT2D eigenvalue weighted by molar-refractivity contribution is 5.96. The van der Waals surface area contributed by atoms with Crippen LogP contribution in [0.3, 0.4) is 0 Å². The van der Waals surface area contributed by atoms with Gasteiger partial charge >= 0.3 is 0 Å². The molecule has 1 N–H and O–H groups in total. The third kappa shape index (κ3) is 3.81. The molecule has 6 nitrogen and oxygen atoms in total. The first kappa shape index (κ1) is 16.8. The van der Waals surface area contributed by atoms with E-state index < -0.39 is 17.1 Å². The van der Waals surface area contributed by atoms with Gasteiger partial charge in [0.2, 0.25) is 5.75 Å². The fourth-order valence-electron chi connectivity index (χ4n) is 2.11. The molecular weight excluding hydrogens is 303 g/mol. The molecule has 0 saturated carbocycles. The Kier molecular flexibility index (Phi) is 5.23. The van der Waals surface area contributed by atoms with Crippen molar-refractivity contribution in [2.24, 2.45) is 7.05 Å².